The molecule has 1 atom stereocenters. The van der Waals surface area contributed by atoms with Crippen molar-refractivity contribution in [3.05, 3.63) is 52.4 Å². The molecule has 0 bridgehead atoms. The van der Waals surface area contributed by atoms with Gasteiger partial charge in [0.1, 0.15) is 9.46 Å². The van der Waals surface area contributed by atoms with Crippen LogP contribution in [0.4, 0.5) is 0 Å². The number of thioether (sulfide) groups is 1. The lowest BCUT2D eigenvalue weighted by Crippen LogP contribution is -2.41. The number of benzene rings is 1. The van der Waals surface area contributed by atoms with Crippen molar-refractivity contribution in [1.29, 1.82) is 0 Å². The summed E-state index contributed by atoms with van der Waals surface area (Å²) in [6, 6.07) is 12.4. The Morgan fingerprint density at radius 3 is 2.39 bits per heavy atom. The summed E-state index contributed by atoms with van der Waals surface area (Å²) in [7, 11) is -3.92. The van der Waals surface area contributed by atoms with Crippen molar-refractivity contribution in [3.8, 4) is 0 Å². The molecule has 1 aliphatic carbocycles. The average molecular weight is 455 g/mol. The standard InChI is InChI=1S/C19H19ClN2O3S3/c20-15-11-12-16(26-15)28(24,25)21-19-22(14-9-5-2-6-10-14)18(23)17(27-19)13-7-3-1-4-8-13/h1,3-4,7-8,11-12,14,17H,2,5-6,9-10H2/t17-/m0/s1. The van der Waals surface area contributed by atoms with Crippen LogP contribution in [-0.4, -0.2) is 30.4 Å². The van der Waals surface area contributed by atoms with Crippen LogP contribution in [0.15, 0.2) is 51.1 Å². The van der Waals surface area contributed by atoms with Gasteiger partial charge in [0.25, 0.3) is 10.0 Å². The van der Waals surface area contributed by atoms with Crippen molar-refractivity contribution in [2.75, 3.05) is 0 Å². The Labute approximate surface area is 177 Å². The van der Waals surface area contributed by atoms with Gasteiger partial charge in [-0.2, -0.15) is 8.42 Å². The molecule has 1 saturated heterocycles. The molecule has 1 aromatic carbocycles. The topological polar surface area (TPSA) is 66.8 Å². The van der Waals surface area contributed by atoms with E-state index >= 15 is 0 Å². The van der Waals surface area contributed by atoms with E-state index in [1.165, 1.54) is 23.9 Å². The lowest BCUT2D eigenvalue weighted by molar-refractivity contribution is -0.128. The van der Waals surface area contributed by atoms with Gasteiger partial charge in [-0.1, -0.05) is 73.0 Å². The maximum atomic E-state index is 13.3. The van der Waals surface area contributed by atoms with Crippen molar-refractivity contribution >= 4 is 55.8 Å². The van der Waals surface area contributed by atoms with E-state index in [1.54, 1.807) is 4.90 Å². The van der Waals surface area contributed by atoms with Crippen LogP contribution in [0, 0.1) is 0 Å². The summed E-state index contributed by atoms with van der Waals surface area (Å²) in [5, 5.41) is -0.195. The van der Waals surface area contributed by atoms with Crippen molar-refractivity contribution in [2.45, 2.75) is 47.6 Å². The Bertz CT molecular complexity index is 998. The van der Waals surface area contributed by atoms with E-state index < -0.39 is 15.3 Å². The van der Waals surface area contributed by atoms with Gasteiger partial charge in [-0.3, -0.25) is 9.69 Å². The van der Waals surface area contributed by atoms with E-state index in [1.807, 2.05) is 30.3 Å². The number of hydrogen-bond acceptors (Lipinski definition) is 5. The lowest BCUT2D eigenvalue weighted by atomic mass is 9.94. The van der Waals surface area contributed by atoms with E-state index in [4.69, 9.17) is 11.6 Å². The van der Waals surface area contributed by atoms with Gasteiger partial charge in [0.2, 0.25) is 5.91 Å². The molecule has 9 heteroatoms. The quantitative estimate of drug-likeness (QED) is 0.644. The number of amidine groups is 1. The molecular weight excluding hydrogens is 436 g/mol. The van der Waals surface area contributed by atoms with Crippen LogP contribution in [0.2, 0.25) is 4.34 Å². The van der Waals surface area contributed by atoms with E-state index in [0.717, 1.165) is 49.0 Å². The molecule has 1 aliphatic heterocycles. The minimum atomic E-state index is -3.92. The summed E-state index contributed by atoms with van der Waals surface area (Å²) in [4.78, 5) is 14.9. The Balaban J connectivity index is 1.73. The summed E-state index contributed by atoms with van der Waals surface area (Å²) in [6.07, 6.45) is 4.97. The van der Waals surface area contributed by atoms with Crippen molar-refractivity contribution in [2.24, 2.45) is 4.40 Å². The number of halogens is 1. The fraction of sp³-hybridized carbons (Fsp3) is 0.368. The summed E-state index contributed by atoms with van der Waals surface area (Å²) < 4.78 is 30.1. The molecule has 1 amide bonds. The highest BCUT2D eigenvalue weighted by Gasteiger charge is 2.43. The Kier molecular flexibility index (Phi) is 5.83. The molecule has 2 aromatic rings. The molecule has 2 heterocycles. The molecule has 1 saturated carbocycles. The zero-order valence-electron chi connectivity index (χ0n) is 15.0. The Hall–Kier alpha value is -1.35. The molecule has 0 N–H and O–H groups in total. The summed E-state index contributed by atoms with van der Waals surface area (Å²) >= 11 is 8.09. The van der Waals surface area contributed by atoms with Crippen LogP contribution in [0.3, 0.4) is 0 Å². The van der Waals surface area contributed by atoms with Gasteiger partial charge in [0, 0.05) is 6.04 Å². The SMILES string of the molecule is O=C1[C@H](c2ccccc2)SC(=NS(=O)(=O)c2ccc(Cl)s2)N1C1CCCCC1. The van der Waals surface area contributed by atoms with Crippen LogP contribution >= 0.6 is 34.7 Å². The minimum absolute atomic E-state index is 0.00309. The fourth-order valence-electron chi connectivity index (χ4n) is 3.60. The van der Waals surface area contributed by atoms with Crippen molar-refractivity contribution in [1.82, 2.24) is 4.90 Å². The van der Waals surface area contributed by atoms with Crippen LogP contribution in [-0.2, 0) is 14.8 Å². The third kappa shape index (κ3) is 4.01. The first-order valence-electron chi connectivity index (χ1n) is 9.11. The number of amides is 1. The fourth-order valence-corrected chi connectivity index (χ4v) is 7.47. The van der Waals surface area contributed by atoms with E-state index in [-0.39, 0.29) is 21.3 Å². The number of carbonyl (C=O) groups excluding carboxylic acids is 1. The van der Waals surface area contributed by atoms with Crippen molar-refractivity contribution in [3.63, 3.8) is 0 Å². The highest BCUT2D eigenvalue weighted by Crippen LogP contribution is 2.43. The second kappa shape index (κ2) is 8.18. The zero-order valence-corrected chi connectivity index (χ0v) is 18.2. The Morgan fingerprint density at radius 1 is 1.04 bits per heavy atom. The third-order valence-corrected chi connectivity index (χ3v) is 9.22. The number of sulfonamides is 1. The summed E-state index contributed by atoms with van der Waals surface area (Å²) in [5.41, 5.74) is 0.861. The molecule has 1 aromatic heterocycles. The van der Waals surface area contributed by atoms with Crippen molar-refractivity contribution < 1.29 is 13.2 Å². The normalized spacial score (nSPS) is 22.9. The van der Waals surface area contributed by atoms with Gasteiger partial charge in [-0.15, -0.1) is 15.7 Å². The first kappa shape index (κ1) is 19.9. The highest BCUT2D eigenvalue weighted by atomic mass is 35.5. The summed E-state index contributed by atoms with van der Waals surface area (Å²) in [6.45, 7) is 0. The number of rotatable bonds is 4. The van der Waals surface area contributed by atoms with Gasteiger partial charge in [-0.05, 0) is 30.5 Å². The number of thiophene rings is 1. The zero-order chi connectivity index (χ0) is 19.7. The van der Waals surface area contributed by atoms with Crippen LogP contribution in [0.5, 0.6) is 0 Å². The number of hydrogen-bond donors (Lipinski definition) is 0. The Morgan fingerprint density at radius 2 is 1.75 bits per heavy atom. The van der Waals surface area contributed by atoms with E-state index in [0.29, 0.717) is 4.34 Å². The minimum Gasteiger partial charge on any atom is -0.286 e. The summed E-state index contributed by atoms with van der Waals surface area (Å²) in [5.74, 6) is -0.0822. The highest BCUT2D eigenvalue weighted by molar-refractivity contribution is 8.15. The second-order valence-corrected chi connectivity index (χ2v) is 11.4. The lowest BCUT2D eigenvalue weighted by Gasteiger charge is -2.30. The molecule has 2 fully saturated rings. The van der Waals surface area contributed by atoms with Crippen LogP contribution in [0.25, 0.3) is 0 Å². The maximum absolute atomic E-state index is 13.3. The van der Waals surface area contributed by atoms with E-state index in [9.17, 15) is 13.2 Å². The van der Waals surface area contributed by atoms with Crippen LogP contribution in [0.1, 0.15) is 42.9 Å². The maximum Gasteiger partial charge on any atom is 0.294 e. The number of carbonyl (C=O) groups is 1. The molecule has 0 spiro atoms. The molecule has 148 valence electrons. The third-order valence-electron chi connectivity index (χ3n) is 4.93. The van der Waals surface area contributed by atoms with Gasteiger partial charge >= 0.3 is 0 Å². The largest absolute Gasteiger partial charge is 0.294 e. The first-order valence-corrected chi connectivity index (χ1v) is 12.6. The molecular formula is C19H19ClN2O3S3. The average Bonchev–Trinajstić information content (AvgIpc) is 3.27. The molecule has 28 heavy (non-hydrogen) atoms. The monoisotopic (exact) mass is 454 g/mol. The van der Waals surface area contributed by atoms with Gasteiger partial charge in [0.15, 0.2) is 5.17 Å². The van der Waals surface area contributed by atoms with E-state index in [2.05, 4.69) is 4.40 Å². The molecule has 5 nitrogen and oxygen atoms in total. The first-order chi connectivity index (χ1) is 13.5. The molecule has 0 radical (unpaired) electrons. The smallest absolute Gasteiger partial charge is 0.286 e. The number of nitrogens with zero attached hydrogens (tertiary/aromatic N) is 2. The predicted molar refractivity (Wildman–Crippen MR) is 114 cm³/mol. The van der Waals surface area contributed by atoms with Crippen LogP contribution < -0.4 is 0 Å². The van der Waals surface area contributed by atoms with Gasteiger partial charge in [0.05, 0.1) is 4.34 Å². The second-order valence-electron chi connectivity index (χ2n) is 6.82. The van der Waals surface area contributed by atoms with Gasteiger partial charge < -0.3 is 0 Å². The van der Waals surface area contributed by atoms with Gasteiger partial charge in [-0.25, -0.2) is 0 Å². The predicted octanol–water partition coefficient (Wildman–Crippen LogP) is 5.10. The molecule has 2 aliphatic rings. The molecule has 4 rings (SSSR count). The molecule has 0 unspecified atom stereocenters.